The van der Waals surface area contributed by atoms with Crippen molar-refractivity contribution in [2.75, 3.05) is 7.11 Å². The van der Waals surface area contributed by atoms with Crippen LogP contribution in [0.4, 0.5) is 8.78 Å². The minimum Gasteiger partial charge on any atom is -0.503 e. The lowest BCUT2D eigenvalue weighted by Gasteiger charge is -2.08. The highest BCUT2D eigenvalue weighted by Crippen LogP contribution is 2.35. The molecule has 0 aliphatic rings. The van der Waals surface area contributed by atoms with Gasteiger partial charge in [-0.2, -0.15) is 0 Å². The molecular weight excluding hydrogens is 216 g/mol. The van der Waals surface area contributed by atoms with Gasteiger partial charge < -0.3 is 9.84 Å². The number of halogens is 3. The second kappa shape index (κ2) is 4.41. The van der Waals surface area contributed by atoms with Crippen molar-refractivity contribution in [1.82, 2.24) is 4.98 Å². The summed E-state index contributed by atoms with van der Waals surface area (Å²) < 4.78 is 29.4. The molecule has 0 fully saturated rings. The van der Waals surface area contributed by atoms with Crippen molar-refractivity contribution in [3.8, 4) is 11.6 Å². The lowest BCUT2D eigenvalue weighted by atomic mass is 10.2. The summed E-state index contributed by atoms with van der Waals surface area (Å²) in [6.07, 6.45) is -2.78. The Labute approximate surface area is 84.3 Å². The van der Waals surface area contributed by atoms with Gasteiger partial charge in [0.2, 0.25) is 0 Å². The predicted molar refractivity (Wildman–Crippen MR) is 47.0 cm³/mol. The third-order valence-electron chi connectivity index (χ3n) is 1.61. The van der Waals surface area contributed by atoms with Crippen LogP contribution in [-0.4, -0.2) is 17.2 Å². The summed E-state index contributed by atoms with van der Waals surface area (Å²) in [5, 5.41) is 9.27. The Balaban J connectivity index is 3.27. The minimum atomic E-state index is -2.78. The van der Waals surface area contributed by atoms with Crippen molar-refractivity contribution in [2.24, 2.45) is 0 Å². The first-order chi connectivity index (χ1) is 6.60. The Morgan fingerprint density at radius 3 is 2.71 bits per heavy atom. The van der Waals surface area contributed by atoms with Crippen LogP contribution < -0.4 is 4.74 Å². The van der Waals surface area contributed by atoms with E-state index < -0.39 is 17.7 Å². The van der Waals surface area contributed by atoms with Gasteiger partial charge in [0, 0.05) is 0 Å². The van der Waals surface area contributed by atoms with Gasteiger partial charge in [-0.3, -0.25) is 0 Å². The zero-order chi connectivity index (χ0) is 10.7. The van der Waals surface area contributed by atoms with E-state index in [0.717, 1.165) is 6.07 Å². The minimum absolute atomic E-state index is 0.0175. The average molecular weight is 224 g/mol. The number of alkyl halides is 3. The van der Waals surface area contributed by atoms with Gasteiger partial charge in [0.05, 0.1) is 24.2 Å². The molecule has 0 radical (unpaired) electrons. The van der Waals surface area contributed by atoms with Gasteiger partial charge in [-0.15, -0.1) is 11.6 Å². The Hall–Kier alpha value is -1.10. The molecule has 6 heteroatoms. The zero-order valence-electron chi connectivity index (χ0n) is 7.30. The lowest BCUT2D eigenvalue weighted by molar-refractivity contribution is 0.146. The number of aromatic hydroxyl groups is 1. The Bertz CT molecular complexity index is 333. The average Bonchev–Trinajstić information content (AvgIpc) is 2.17. The van der Waals surface area contributed by atoms with Crippen LogP contribution in [0, 0.1) is 0 Å². The SMILES string of the molecule is COc1nc(CCl)cc(C(F)F)c1O. The summed E-state index contributed by atoms with van der Waals surface area (Å²) in [7, 11) is 1.23. The van der Waals surface area contributed by atoms with Gasteiger partial charge in [0.15, 0.2) is 5.75 Å². The van der Waals surface area contributed by atoms with E-state index in [9.17, 15) is 13.9 Å². The number of methoxy groups -OCH3 is 1. The Morgan fingerprint density at radius 2 is 2.29 bits per heavy atom. The quantitative estimate of drug-likeness (QED) is 0.801. The molecule has 78 valence electrons. The third kappa shape index (κ3) is 2.04. The standard InChI is InChI=1S/C8H8ClF2NO2/c1-14-8-6(13)5(7(10)11)2-4(3-9)12-8/h2,7,13H,3H2,1H3. The summed E-state index contributed by atoms with van der Waals surface area (Å²) in [4.78, 5) is 3.71. The smallest absolute Gasteiger partial charge is 0.267 e. The maximum Gasteiger partial charge on any atom is 0.267 e. The van der Waals surface area contributed by atoms with Crippen LogP contribution in [0.25, 0.3) is 0 Å². The normalized spacial score (nSPS) is 10.6. The van der Waals surface area contributed by atoms with Crippen LogP contribution in [0.1, 0.15) is 17.7 Å². The summed E-state index contributed by atoms with van der Waals surface area (Å²) in [6.45, 7) is 0. The van der Waals surface area contributed by atoms with Crippen LogP contribution in [0.5, 0.6) is 11.6 Å². The molecule has 1 aromatic rings. The van der Waals surface area contributed by atoms with E-state index in [2.05, 4.69) is 9.72 Å². The molecule has 0 unspecified atom stereocenters. The van der Waals surface area contributed by atoms with Gasteiger partial charge in [-0.1, -0.05) is 0 Å². The molecule has 0 saturated heterocycles. The number of pyridine rings is 1. The van der Waals surface area contributed by atoms with Crippen LogP contribution in [0.3, 0.4) is 0 Å². The van der Waals surface area contributed by atoms with E-state index in [4.69, 9.17) is 11.6 Å². The molecule has 0 aliphatic heterocycles. The fourth-order valence-corrected chi connectivity index (χ4v) is 1.10. The summed E-state index contributed by atoms with van der Waals surface area (Å²) in [6, 6.07) is 1.05. The van der Waals surface area contributed by atoms with Crippen molar-refractivity contribution in [3.63, 3.8) is 0 Å². The molecule has 1 rings (SSSR count). The first-order valence-corrected chi connectivity index (χ1v) is 4.24. The summed E-state index contributed by atoms with van der Waals surface area (Å²) in [5.41, 5.74) is -0.288. The molecule has 0 saturated carbocycles. The molecule has 14 heavy (non-hydrogen) atoms. The maximum atomic E-state index is 12.4. The fraction of sp³-hybridized carbons (Fsp3) is 0.375. The van der Waals surface area contributed by atoms with Crippen molar-refractivity contribution in [1.29, 1.82) is 0 Å². The van der Waals surface area contributed by atoms with Gasteiger partial charge >= 0.3 is 0 Å². The molecule has 0 amide bonds. The molecule has 1 aromatic heterocycles. The molecule has 1 heterocycles. The number of rotatable bonds is 3. The van der Waals surface area contributed by atoms with Crippen molar-refractivity contribution in [3.05, 3.63) is 17.3 Å². The predicted octanol–water partition coefficient (Wildman–Crippen LogP) is 2.47. The summed E-state index contributed by atoms with van der Waals surface area (Å²) in [5.74, 6) is -0.897. The van der Waals surface area contributed by atoms with Gasteiger partial charge in [-0.05, 0) is 6.07 Å². The highest BCUT2D eigenvalue weighted by molar-refractivity contribution is 6.16. The molecule has 0 atom stereocenters. The Kier molecular flexibility index (Phi) is 3.46. The number of hydrogen-bond acceptors (Lipinski definition) is 3. The molecule has 0 bridgehead atoms. The van der Waals surface area contributed by atoms with Crippen molar-refractivity contribution >= 4 is 11.6 Å². The lowest BCUT2D eigenvalue weighted by Crippen LogP contribution is -1.97. The monoisotopic (exact) mass is 223 g/mol. The molecule has 0 aliphatic carbocycles. The number of nitrogens with zero attached hydrogens (tertiary/aromatic N) is 1. The van der Waals surface area contributed by atoms with E-state index in [1.807, 2.05) is 0 Å². The molecule has 1 N–H and O–H groups in total. The topological polar surface area (TPSA) is 42.4 Å². The number of ether oxygens (including phenoxy) is 1. The third-order valence-corrected chi connectivity index (χ3v) is 1.88. The second-order valence-electron chi connectivity index (χ2n) is 2.50. The van der Waals surface area contributed by atoms with Crippen LogP contribution in [-0.2, 0) is 5.88 Å². The first-order valence-electron chi connectivity index (χ1n) is 3.71. The first kappa shape index (κ1) is 11.0. The van der Waals surface area contributed by atoms with Crippen LogP contribution in [0.2, 0.25) is 0 Å². The van der Waals surface area contributed by atoms with E-state index in [1.165, 1.54) is 7.11 Å². The van der Waals surface area contributed by atoms with E-state index in [-0.39, 0.29) is 17.5 Å². The van der Waals surface area contributed by atoms with E-state index in [0.29, 0.717) is 0 Å². The molecular formula is C8H8ClF2NO2. The molecule has 3 nitrogen and oxygen atoms in total. The van der Waals surface area contributed by atoms with E-state index >= 15 is 0 Å². The number of aromatic nitrogens is 1. The maximum absolute atomic E-state index is 12.4. The van der Waals surface area contributed by atoms with Gasteiger partial charge in [0.25, 0.3) is 12.3 Å². The van der Waals surface area contributed by atoms with E-state index in [1.54, 1.807) is 0 Å². The second-order valence-corrected chi connectivity index (χ2v) is 2.76. The van der Waals surface area contributed by atoms with Crippen molar-refractivity contribution in [2.45, 2.75) is 12.3 Å². The van der Waals surface area contributed by atoms with Crippen molar-refractivity contribution < 1.29 is 18.6 Å². The summed E-state index contributed by atoms with van der Waals surface area (Å²) >= 11 is 5.44. The van der Waals surface area contributed by atoms with Gasteiger partial charge in [-0.25, -0.2) is 13.8 Å². The van der Waals surface area contributed by atoms with Crippen LogP contribution in [0.15, 0.2) is 6.07 Å². The Morgan fingerprint density at radius 1 is 1.64 bits per heavy atom. The fourth-order valence-electron chi connectivity index (χ4n) is 0.964. The molecule has 0 aromatic carbocycles. The largest absolute Gasteiger partial charge is 0.503 e. The molecule has 0 spiro atoms. The highest BCUT2D eigenvalue weighted by Gasteiger charge is 2.19. The zero-order valence-corrected chi connectivity index (χ0v) is 8.05. The number of hydrogen-bond donors (Lipinski definition) is 1. The highest BCUT2D eigenvalue weighted by atomic mass is 35.5. The van der Waals surface area contributed by atoms with Crippen LogP contribution >= 0.6 is 11.6 Å². The van der Waals surface area contributed by atoms with Gasteiger partial charge in [0.1, 0.15) is 0 Å².